The fourth-order valence-corrected chi connectivity index (χ4v) is 2.87. The highest BCUT2D eigenvalue weighted by Crippen LogP contribution is 2.21. The van der Waals surface area contributed by atoms with E-state index in [2.05, 4.69) is 5.10 Å². The van der Waals surface area contributed by atoms with Crippen molar-refractivity contribution in [3.63, 3.8) is 0 Å². The summed E-state index contributed by atoms with van der Waals surface area (Å²) in [5.74, 6) is -0.745. The van der Waals surface area contributed by atoms with Gasteiger partial charge in [-0.1, -0.05) is 48.5 Å². The van der Waals surface area contributed by atoms with Gasteiger partial charge in [-0.25, -0.2) is 9.48 Å². The molecule has 29 heavy (non-hydrogen) atoms. The van der Waals surface area contributed by atoms with Gasteiger partial charge in [-0.05, 0) is 24.6 Å². The molecule has 7 nitrogen and oxygen atoms in total. The van der Waals surface area contributed by atoms with Crippen molar-refractivity contribution in [3.8, 4) is 11.4 Å². The van der Waals surface area contributed by atoms with Crippen LogP contribution in [0.1, 0.15) is 23.0 Å². The van der Waals surface area contributed by atoms with Gasteiger partial charge in [0.15, 0.2) is 11.9 Å². The van der Waals surface area contributed by atoms with Gasteiger partial charge in [-0.3, -0.25) is 4.79 Å². The van der Waals surface area contributed by atoms with Gasteiger partial charge in [0.2, 0.25) is 5.69 Å². The Morgan fingerprint density at radius 2 is 1.69 bits per heavy atom. The Balaban J connectivity index is 1.69. The number of hydrogen-bond donors (Lipinski definition) is 0. The van der Waals surface area contributed by atoms with Crippen molar-refractivity contribution in [2.24, 2.45) is 0 Å². The van der Waals surface area contributed by atoms with E-state index in [-0.39, 0.29) is 17.4 Å². The summed E-state index contributed by atoms with van der Waals surface area (Å²) < 4.78 is 12.2. The number of carbonyl (C=O) groups is 2. The monoisotopic (exact) mass is 393 g/mol. The van der Waals surface area contributed by atoms with Gasteiger partial charge < -0.3 is 14.4 Å². The van der Waals surface area contributed by atoms with Crippen LogP contribution < -0.4 is 4.74 Å². The normalized spacial score (nSPS) is 11.6. The zero-order valence-corrected chi connectivity index (χ0v) is 16.6. The maximum absolute atomic E-state index is 12.6. The number of esters is 1. The standard InChI is InChI=1S/C22H23N3O4/c1-16(21(26)24(2)14-17-10-6-4-7-11-17)29-22(27)20-19(28-3)15-25(23-20)18-12-8-5-9-13-18/h4-13,15-16H,14H2,1-3H3. The lowest BCUT2D eigenvalue weighted by atomic mass is 10.2. The Morgan fingerprint density at radius 1 is 1.07 bits per heavy atom. The SMILES string of the molecule is COc1cn(-c2ccccc2)nc1C(=O)OC(C)C(=O)N(C)Cc1ccccc1. The molecule has 1 aromatic heterocycles. The summed E-state index contributed by atoms with van der Waals surface area (Å²) in [6.07, 6.45) is 0.641. The molecule has 2 aromatic carbocycles. The Morgan fingerprint density at radius 3 is 2.31 bits per heavy atom. The van der Waals surface area contributed by atoms with Crippen molar-refractivity contribution >= 4 is 11.9 Å². The minimum absolute atomic E-state index is 0.0155. The molecule has 1 heterocycles. The van der Waals surface area contributed by atoms with E-state index in [4.69, 9.17) is 9.47 Å². The molecule has 3 aromatic rings. The number of para-hydroxylation sites is 1. The van der Waals surface area contributed by atoms with E-state index in [0.717, 1.165) is 11.3 Å². The van der Waals surface area contributed by atoms with Crippen LogP contribution in [0.5, 0.6) is 5.75 Å². The fraction of sp³-hybridized carbons (Fsp3) is 0.227. The number of amides is 1. The molecule has 1 amide bonds. The molecule has 0 saturated heterocycles. The molecule has 1 unspecified atom stereocenters. The van der Waals surface area contributed by atoms with Crippen molar-refractivity contribution in [3.05, 3.63) is 78.1 Å². The molecule has 0 N–H and O–H groups in total. The number of ether oxygens (including phenoxy) is 2. The predicted octanol–water partition coefficient (Wildman–Crippen LogP) is 3.08. The number of hydrogen-bond acceptors (Lipinski definition) is 5. The van der Waals surface area contributed by atoms with Crippen LogP contribution in [0.3, 0.4) is 0 Å². The van der Waals surface area contributed by atoms with E-state index >= 15 is 0 Å². The zero-order chi connectivity index (χ0) is 20.8. The van der Waals surface area contributed by atoms with Gasteiger partial charge in [0, 0.05) is 13.6 Å². The average molecular weight is 393 g/mol. The summed E-state index contributed by atoms with van der Waals surface area (Å²) in [5.41, 5.74) is 1.78. The van der Waals surface area contributed by atoms with Crippen molar-refractivity contribution < 1.29 is 19.1 Å². The maximum Gasteiger partial charge on any atom is 0.363 e. The van der Waals surface area contributed by atoms with Crippen molar-refractivity contribution in [1.82, 2.24) is 14.7 Å². The van der Waals surface area contributed by atoms with E-state index in [1.54, 1.807) is 20.2 Å². The molecule has 0 aliphatic heterocycles. The second-order valence-electron chi connectivity index (χ2n) is 6.55. The lowest BCUT2D eigenvalue weighted by Gasteiger charge is -2.21. The molecule has 0 aliphatic rings. The molecule has 3 rings (SSSR count). The largest absolute Gasteiger partial charge is 0.493 e. The zero-order valence-electron chi connectivity index (χ0n) is 16.6. The Hall–Kier alpha value is -3.61. The van der Waals surface area contributed by atoms with Crippen LogP contribution in [0.4, 0.5) is 0 Å². The summed E-state index contributed by atoms with van der Waals surface area (Å²) in [6.45, 7) is 1.97. The van der Waals surface area contributed by atoms with Gasteiger partial charge in [0.05, 0.1) is 19.0 Å². The minimum Gasteiger partial charge on any atom is -0.493 e. The molecule has 150 valence electrons. The van der Waals surface area contributed by atoms with Gasteiger partial charge in [0.1, 0.15) is 0 Å². The van der Waals surface area contributed by atoms with Crippen molar-refractivity contribution in [2.45, 2.75) is 19.6 Å². The number of rotatable bonds is 7. The highest BCUT2D eigenvalue weighted by molar-refractivity contribution is 5.92. The quantitative estimate of drug-likeness (QED) is 0.577. The number of methoxy groups -OCH3 is 1. The summed E-state index contributed by atoms with van der Waals surface area (Å²) in [7, 11) is 3.12. The summed E-state index contributed by atoms with van der Waals surface area (Å²) in [5, 5.41) is 4.27. The molecule has 7 heteroatoms. The van der Waals surface area contributed by atoms with Gasteiger partial charge in [-0.15, -0.1) is 0 Å². The number of likely N-dealkylation sites (N-methyl/N-ethyl adjacent to an activating group) is 1. The Labute approximate surface area is 169 Å². The topological polar surface area (TPSA) is 73.7 Å². The molecule has 0 fully saturated rings. The van der Waals surface area contributed by atoms with Crippen LogP contribution in [0.25, 0.3) is 5.69 Å². The van der Waals surface area contributed by atoms with Crippen LogP contribution in [0.15, 0.2) is 66.9 Å². The first-order chi connectivity index (χ1) is 14.0. The third kappa shape index (κ3) is 4.82. The Bertz CT molecular complexity index is 970. The molecule has 0 aliphatic carbocycles. The van der Waals surface area contributed by atoms with Crippen LogP contribution in [0, 0.1) is 0 Å². The second-order valence-corrected chi connectivity index (χ2v) is 6.55. The molecular weight excluding hydrogens is 370 g/mol. The summed E-state index contributed by atoms with van der Waals surface area (Å²) in [6, 6.07) is 18.9. The highest BCUT2D eigenvalue weighted by Gasteiger charge is 2.26. The number of nitrogens with zero attached hydrogens (tertiary/aromatic N) is 3. The third-order valence-corrected chi connectivity index (χ3v) is 4.39. The average Bonchev–Trinajstić information content (AvgIpc) is 3.19. The summed E-state index contributed by atoms with van der Waals surface area (Å²) >= 11 is 0. The van der Waals surface area contributed by atoms with Crippen LogP contribution >= 0.6 is 0 Å². The van der Waals surface area contributed by atoms with Crippen molar-refractivity contribution in [1.29, 1.82) is 0 Å². The predicted molar refractivity (Wildman–Crippen MR) is 108 cm³/mol. The second kappa shape index (κ2) is 9.05. The lowest BCUT2D eigenvalue weighted by molar-refractivity contribution is -0.139. The first-order valence-electron chi connectivity index (χ1n) is 9.18. The van der Waals surface area contributed by atoms with E-state index in [0.29, 0.717) is 6.54 Å². The summed E-state index contributed by atoms with van der Waals surface area (Å²) in [4.78, 5) is 26.7. The smallest absolute Gasteiger partial charge is 0.363 e. The number of aromatic nitrogens is 2. The molecular formula is C22H23N3O4. The third-order valence-electron chi connectivity index (χ3n) is 4.39. The highest BCUT2D eigenvalue weighted by atomic mass is 16.6. The number of carbonyl (C=O) groups excluding carboxylic acids is 2. The number of benzene rings is 2. The van der Waals surface area contributed by atoms with E-state index in [1.807, 2.05) is 60.7 Å². The fourth-order valence-electron chi connectivity index (χ4n) is 2.87. The molecule has 0 saturated carbocycles. The van der Waals surface area contributed by atoms with E-state index in [1.165, 1.54) is 16.7 Å². The van der Waals surface area contributed by atoms with Gasteiger partial charge >= 0.3 is 5.97 Å². The Kier molecular flexibility index (Phi) is 6.29. The first kappa shape index (κ1) is 20.1. The van der Waals surface area contributed by atoms with Gasteiger partial charge in [-0.2, -0.15) is 5.10 Å². The van der Waals surface area contributed by atoms with E-state index < -0.39 is 12.1 Å². The molecule has 1 atom stereocenters. The van der Waals surface area contributed by atoms with Crippen LogP contribution in [-0.2, 0) is 16.1 Å². The van der Waals surface area contributed by atoms with Gasteiger partial charge in [0.25, 0.3) is 5.91 Å². The van der Waals surface area contributed by atoms with E-state index in [9.17, 15) is 9.59 Å². The first-order valence-corrected chi connectivity index (χ1v) is 9.18. The van der Waals surface area contributed by atoms with Crippen LogP contribution in [-0.4, -0.2) is 46.8 Å². The molecule has 0 bridgehead atoms. The lowest BCUT2D eigenvalue weighted by Crippen LogP contribution is -2.37. The van der Waals surface area contributed by atoms with Crippen molar-refractivity contribution in [2.75, 3.05) is 14.2 Å². The minimum atomic E-state index is -0.956. The molecule has 0 spiro atoms. The van der Waals surface area contributed by atoms with Crippen LogP contribution in [0.2, 0.25) is 0 Å². The maximum atomic E-state index is 12.6. The molecule has 0 radical (unpaired) electrons.